The summed E-state index contributed by atoms with van der Waals surface area (Å²) in [5.41, 5.74) is 2.11. The van der Waals surface area contributed by atoms with E-state index in [0.717, 1.165) is 10.0 Å². The van der Waals surface area contributed by atoms with Gasteiger partial charge in [-0.2, -0.15) is 0 Å². The van der Waals surface area contributed by atoms with Crippen molar-refractivity contribution in [3.63, 3.8) is 0 Å². The minimum atomic E-state index is -0.478. The van der Waals surface area contributed by atoms with Gasteiger partial charge in [-0.25, -0.2) is 0 Å². The molecule has 6 heteroatoms. The number of hydrogen-bond donors (Lipinski definition) is 1. The van der Waals surface area contributed by atoms with Crippen LogP contribution in [0.2, 0.25) is 0 Å². The molecule has 0 aromatic heterocycles. The Morgan fingerprint density at radius 2 is 1.74 bits per heavy atom. The summed E-state index contributed by atoms with van der Waals surface area (Å²) in [5.74, 6) is -0.264. The number of anilines is 1. The lowest BCUT2D eigenvalue weighted by Gasteiger charge is -2.21. The molecule has 0 spiro atoms. The van der Waals surface area contributed by atoms with Crippen LogP contribution in [0.25, 0.3) is 0 Å². The molecule has 2 rings (SSSR count). The summed E-state index contributed by atoms with van der Waals surface area (Å²) >= 11 is 3.51. The van der Waals surface area contributed by atoms with Gasteiger partial charge in [-0.15, -0.1) is 0 Å². The molecule has 2 aromatic carbocycles. The fourth-order valence-corrected chi connectivity index (χ4v) is 3.11. The molecular weight excluding hydrogens is 360 g/mol. The van der Waals surface area contributed by atoms with Crippen LogP contribution >= 0.6 is 15.9 Å². The molecule has 0 radical (unpaired) electrons. The van der Waals surface area contributed by atoms with Crippen molar-refractivity contribution < 1.29 is 9.72 Å². The standard InChI is InChI=1S/C17H17BrN2O3/c1-17(2,3)14-9-4-11(10-15(14)18)16(21)19-12-5-7-13(8-6-12)20(22)23/h4-10H,1-3H3,(H,19,21). The van der Waals surface area contributed by atoms with Crippen molar-refractivity contribution in [2.24, 2.45) is 0 Å². The Bertz CT molecular complexity index is 749. The van der Waals surface area contributed by atoms with Crippen molar-refractivity contribution >= 4 is 33.2 Å². The van der Waals surface area contributed by atoms with E-state index < -0.39 is 4.92 Å². The summed E-state index contributed by atoms with van der Waals surface area (Å²) in [7, 11) is 0. The first-order chi connectivity index (χ1) is 10.7. The molecule has 0 unspecified atom stereocenters. The molecule has 0 saturated heterocycles. The zero-order valence-corrected chi connectivity index (χ0v) is 14.7. The van der Waals surface area contributed by atoms with Crippen molar-refractivity contribution in [1.82, 2.24) is 0 Å². The third-order valence-corrected chi connectivity index (χ3v) is 4.03. The van der Waals surface area contributed by atoms with Crippen molar-refractivity contribution in [1.29, 1.82) is 0 Å². The Morgan fingerprint density at radius 3 is 2.22 bits per heavy atom. The molecule has 0 saturated carbocycles. The van der Waals surface area contributed by atoms with Crippen LogP contribution in [-0.2, 0) is 5.41 Å². The number of nitrogens with zero attached hydrogens (tertiary/aromatic N) is 1. The number of nitro groups is 1. The summed E-state index contributed by atoms with van der Waals surface area (Å²) in [4.78, 5) is 22.4. The van der Waals surface area contributed by atoms with Gasteiger partial charge in [0.25, 0.3) is 11.6 Å². The van der Waals surface area contributed by atoms with E-state index in [4.69, 9.17) is 0 Å². The summed E-state index contributed by atoms with van der Waals surface area (Å²) in [6, 6.07) is 11.2. The predicted molar refractivity (Wildman–Crippen MR) is 93.9 cm³/mol. The summed E-state index contributed by atoms with van der Waals surface area (Å²) < 4.78 is 0.876. The van der Waals surface area contributed by atoms with Gasteiger partial charge >= 0.3 is 0 Å². The summed E-state index contributed by atoms with van der Waals surface area (Å²) in [6.45, 7) is 6.30. The zero-order valence-electron chi connectivity index (χ0n) is 13.1. The lowest BCUT2D eigenvalue weighted by molar-refractivity contribution is -0.384. The molecule has 1 amide bonds. The van der Waals surface area contributed by atoms with Crippen molar-refractivity contribution in [3.05, 3.63) is 68.2 Å². The average Bonchev–Trinajstić information content (AvgIpc) is 2.46. The largest absolute Gasteiger partial charge is 0.322 e. The van der Waals surface area contributed by atoms with Gasteiger partial charge in [0.1, 0.15) is 0 Å². The van der Waals surface area contributed by atoms with Gasteiger partial charge in [0, 0.05) is 27.9 Å². The number of halogens is 1. The zero-order chi connectivity index (χ0) is 17.2. The highest BCUT2D eigenvalue weighted by atomic mass is 79.9. The molecule has 0 atom stereocenters. The normalized spacial score (nSPS) is 11.1. The number of hydrogen-bond acceptors (Lipinski definition) is 3. The Kier molecular flexibility index (Phi) is 4.85. The van der Waals surface area contributed by atoms with E-state index in [1.807, 2.05) is 6.07 Å². The first kappa shape index (κ1) is 17.1. The van der Waals surface area contributed by atoms with Crippen LogP contribution in [0.1, 0.15) is 36.7 Å². The fraction of sp³-hybridized carbons (Fsp3) is 0.235. The molecule has 0 fully saturated rings. The average molecular weight is 377 g/mol. The Labute approximate surface area is 143 Å². The SMILES string of the molecule is CC(C)(C)c1ccc(C(=O)Nc2ccc([N+](=O)[O-])cc2)cc1Br. The van der Waals surface area contributed by atoms with Crippen molar-refractivity contribution in [2.45, 2.75) is 26.2 Å². The molecule has 0 aliphatic rings. The molecule has 120 valence electrons. The van der Waals surface area contributed by atoms with Crippen LogP contribution in [0.4, 0.5) is 11.4 Å². The first-order valence-electron chi connectivity index (χ1n) is 7.04. The van der Waals surface area contributed by atoms with E-state index in [1.54, 1.807) is 12.1 Å². The topological polar surface area (TPSA) is 72.2 Å². The highest BCUT2D eigenvalue weighted by Gasteiger charge is 2.18. The number of nitro benzene ring substituents is 1. The number of carbonyl (C=O) groups is 1. The highest BCUT2D eigenvalue weighted by molar-refractivity contribution is 9.10. The van der Waals surface area contributed by atoms with Crippen LogP contribution in [-0.4, -0.2) is 10.8 Å². The van der Waals surface area contributed by atoms with Gasteiger partial charge in [0.2, 0.25) is 0 Å². The number of carbonyl (C=O) groups excluding carboxylic acids is 1. The van der Waals surface area contributed by atoms with Gasteiger partial charge in [-0.05, 0) is 35.2 Å². The lowest BCUT2D eigenvalue weighted by Crippen LogP contribution is -2.15. The molecule has 0 aliphatic carbocycles. The summed E-state index contributed by atoms with van der Waals surface area (Å²) in [6.07, 6.45) is 0. The number of non-ortho nitro benzene ring substituents is 1. The van der Waals surface area contributed by atoms with Gasteiger partial charge in [-0.3, -0.25) is 14.9 Å². The third kappa shape index (κ3) is 4.16. The quantitative estimate of drug-likeness (QED) is 0.610. The Balaban J connectivity index is 2.18. The number of rotatable bonds is 3. The molecule has 2 aromatic rings. The Morgan fingerprint density at radius 1 is 1.13 bits per heavy atom. The van der Waals surface area contributed by atoms with Crippen molar-refractivity contribution in [3.8, 4) is 0 Å². The molecule has 0 bridgehead atoms. The lowest BCUT2D eigenvalue weighted by atomic mass is 9.86. The second-order valence-electron chi connectivity index (χ2n) is 6.20. The number of amides is 1. The second kappa shape index (κ2) is 6.50. The van der Waals surface area contributed by atoms with Gasteiger partial charge in [0.15, 0.2) is 0 Å². The minimum Gasteiger partial charge on any atom is -0.322 e. The predicted octanol–water partition coefficient (Wildman–Crippen LogP) is 4.91. The van der Waals surface area contributed by atoms with E-state index in [-0.39, 0.29) is 17.0 Å². The maximum Gasteiger partial charge on any atom is 0.269 e. The van der Waals surface area contributed by atoms with Gasteiger partial charge < -0.3 is 5.32 Å². The first-order valence-corrected chi connectivity index (χ1v) is 7.83. The fourth-order valence-electron chi connectivity index (χ4n) is 2.13. The van der Waals surface area contributed by atoms with E-state index in [9.17, 15) is 14.9 Å². The number of nitrogens with one attached hydrogen (secondary N) is 1. The van der Waals surface area contributed by atoms with Gasteiger partial charge in [-0.1, -0.05) is 42.8 Å². The molecule has 0 heterocycles. The molecular formula is C17H17BrN2O3. The van der Waals surface area contributed by atoms with E-state index in [1.165, 1.54) is 24.3 Å². The third-order valence-electron chi connectivity index (χ3n) is 3.38. The summed E-state index contributed by atoms with van der Waals surface area (Å²) in [5, 5.41) is 13.3. The maximum absolute atomic E-state index is 12.3. The smallest absolute Gasteiger partial charge is 0.269 e. The monoisotopic (exact) mass is 376 g/mol. The van der Waals surface area contributed by atoms with E-state index in [2.05, 4.69) is 42.0 Å². The second-order valence-corrected chi connectivity index (χ2v) is 7.06. The van der Waals surface area contributed by atoms with Crippen LogP contribution in [0, 0.1) is 10.1 Å². The van der Waals surface area contributed by atoms with Gasteiger partial charge in [0.05, 0.1) is 4.92 Å². The van der Waals surface area contributed by atoms with Crippen LogP contribution in [0.15, 0.2) is 46.9 Å². The Hall–Kier alpha value is -2.21. The van der Waals surface area contributed by atoms with Crippen LogP contribution < -0.4 is 5.32 Å². The van der Waals surface area contributed by atoms with Crippen LogP contribution in [0.3, 0.4) is 0 Å². The van der Waals surface area contributed by atoms with E-state index in [0.29, 0.717) is 11.3 Å². The molecule has 0 aliphatic heterocycles. The number of benzene rings is 2. The van der Waals surface area contributed by atoms with Crippen molar-refractivity contribution in [2.75, 3.05) is 5.32 Å². The van der Waals surface area contributed by atoms with Crippen LogP contribution in [0.5, 0.6) is 0 Å². The molecule has 5 nitrogen and oxygen atoms in total. The maximum atomic E-state index is 12.3. The van der Waals surface area contributed by atoms with E-state index >= 15 is 0 Å². The minimum absolute atomic E-state index is 0.0136. The molecule has 1 N–H and O–H groups in total. The molecule has 23 heavy (non-hydrogen) atoms. The highest BCUT2D eigenvalue weighted by Crippen LogP contribution is 2.30.